The van der Waals surface area contributed by atoms with Gasteiger partial charge in [0.05, 0.1) is 6.54 Å². The number of nitrogens with two attached hydrogens (primary N) is 1. The highest BCUT2D eigenvalue weighted by Gasteiger charge is 2.27. The first-order chi connectivity index (χ1) is 13.7. The number of aliphatic carboxylic acids is 2. The summed E-state index contributed by atoms with van der Waals surface area (Å²) < 4.78 is 0. The van der Waals surface area contributed by atoms with Gasteiger partial charge in [-0.25, -0.2) is 0 Å². The molecule has 0 aliphatic carbocycles. The summed E-state index contributed by atoms with van der Waals surface area (Å²) in [5, 5.41) is 24.5. The fraction of sp³-hybridized carbons (Fsp3) is 0.389. The predicted molar refractivity (Wildman–Crippen MR) is 101 cm³/mol. The molecule has 11 heteroatoms. The fourth-order valence-electron chi connectivity index (χ4n) is 2.41. The van der Waals surface area contributed by atoms with Crippen LogP contribution in [0.15, 0.2) is 30.3 Å². The van der Waals surface area contributed by atoms with Crippen LogP contribution in [0.1, 0.15) is 18.4 Å². The van der Waals surface area contributed by atoms with E-state index in [1.807, 2.05) is 0 Å². The molecule has 0 saturated carbocycles. The van der Waals surface area contributed by atoms with Crippen molar-refractivity contribution < 1.29 is 34.2 Å². The maximum Gasteiger partial charge on any atom is 0.322 e. The summed E-state index contributed by atoms with van der Waals surface area (Å²) in [6.45, 7) is -1.03. The van der Waals surface area contributed by atoms with Crippen LogP contribution in [-0.4, -0.2) is 65.0 Å². The van der Waals surface area contributed by atoms with Crippen LogP contribution in [0.2, 0.25) is 0 Å². The van der Waals surface area contributed by atoms with E-state index < -0.39 is 61.3 Å². The molecule has 0 spiro atoms. The second-order valence-corrected chi connectivity index (χ2v) is 6.12. The third kappa shape index (κ3) is 9.33. The van der Waals surface area contributed by atoms with E-state index in [9.17, 15) is 24.0 Å². The number of hydrogen-bond acceptors (Lipinski definition) is 6. The summed E-state index contributed by atoms with van der Waals surface area (Å²) >= 11 is 0. The molecule has 0 aliphatic rings. The molecule has 0 heterocycles. The zero-order valence-corrected chi connectivity index (χ0v) is 15.6. The van der Waals surface area contributed by atoms with Gasteiger partial charge in [-0.1, -0.05) is 30.3 Å². The molecule has 0 aromatic heterocycles. The molecule has 29 heavy (non-hydrogen) atoms. The molecule has 0 aliphatic heterocycles. The number of hydrogen-bond donors (Lipinski definition) is 6. The number of nitrogens with one attached hydrogen (secondary N) is 3. The molecule has 7 N–H and O–H groups in total. The Morgan fingerprint density at radius 3 is 2.10 bits per heavy atom. The monoisotopic (exact) mass is 408 g/mol. The van der Waals surface area contributed by atoms with Crippen LogP contribution in [0.3, 0.4) is 0 Å². The number of carbonyl (C=O) groups is 5. The van der Waals surface area contributed by atoms with E-state index >= 15 is 0 Å². The van der Waals surface area contributed by atoms with Gasteiger partial charge in [-0.3, -0.25) is 24.0 Å². The Bertz CT molecular complexity index is 739. The maximum absolute atomic E-state index is 12.6. The van der Waals surface area contributed by atoms with E-state index in [-0.39, 0.29) is 12.8 Å². The first-order valence-corrected chi connectivity index (χ1v) is 8.78. The van der Waals surface area contributed by atoms with Gasteiger partial charge in [0.25, 0.3) is 0 Å². The van der Waals surface area contributed by atoms with Crippen LogP contribution >= 0.6 is 0 Å². The van der Waals surface area contributed by atoms with Gasteiger partial charge in [0.1, 0.15) is 18.6 Å². The van der Waals surface area contributed by atoms with Crippen molar-refractivity contribution in [3.8, 4) is 0 Å². The molecule has 0 radical (unpaired) electrons. The van der Waals surface area contributed by atoms with Gasteiger partial charge in [-0.05, 0) is 12.0 Å². The van der Waals surface area contributed by atoms with Gasteiger partial charge in [-0.15, -0.1) is 0 Å². The predicted octanol–water partition coefficient (Wildman–Crippen LogP) is -1.78. The molecule has 1 rings (SSSR count). The van der Waals surface area contributed by atoms with E-state index in [4.69, 9.17) is 15.9 Å². The summed E-state index contributed by atoms with van der Waals surface area (Å²) in [6.07, 6.45) is -0.534. The lowest BCUT2D eigenvalue weighted by molar-refractivity contribution is -0.138. The standard InChI is InChI=1S/C18H24N4O7/c19-9-14(23)21-12(6-7-15(24)25)18(29)22-13(17(28)20-10-16(26)27)8-11-4-2-1-3-5-11/h1-5,12-13H,6-10,19H2,(H,20,28)(H,21,23)(H,22,29)(H,24,25)(H,26,27). The molecule has 158 valence electrons. The van der Waals surface area contributed by atoms with Gasteiger partial charge < -0.3 is 31.9 Å². The fourth-order valence-corrected chi connectivity index (χ4v) is 2.41. The molecule has 1 aromatic carbocycles. The highest BCUT2D eigenvalue weighted by Crippen LogP contribution is 2.05. The van der Waals surface area contributed by atoms with E-state index in [0.29, 0.717) is 5.56 Å². The topological polar surface area (TPSA) is 188 Å². The minimum absolute atomic E-state index is 0.0640. The SMILES string of the molecule is NCC(=O)NC(CCC(=O)O)C(=O)NC(Cc1ccccc1)C(=O)NCC(=O)O. The molecule has 0 saturated heterocycles. The van der Waals surface area contributed by atoms with Crippen molar-refractivity contribution in [2.45, 2.75) is 31.3 Å². The van der Waals surface area contributed by atoms with Crippen molar-refractivity contribution in [1.29, 1.82) is 0 Å². The smallest absolute Gasteiger partial charge is 0.322 e. The third-order valence-electron chi connectivity index (χ3n) is 3.81. The third-order valence-corrected chi connectivity index (χ3v) is 3.81. The van der Waals surface area contributed by atoms with E-state index in [0.717, 1.165) is 0 Å². The summed E-state index contributed by atoms with van der Waals surface area (Å²) in [7, 11) is 0. The van der Waals surface area contributed by atoms with Crippen molar-refractivity contribution in [2.75, 3.05) is 13.1 Å². The Balaban J connectivity index is 2.94. The van der Waals surface area contributed by atoms with Crippen molar-refractivity contribution in [3.05, 3.63) is 35.9 Å². The van der Waals surface area contributed by atoms with Gasteiger partial charge in [0, 0.05) is 12.8 Å². The Hall–Kier alpha value is -3.47. The van der Waals surface area contributed by atoms with Gasteiger partial charge in [0.15, 0.2) is 0 Å². The number of carbonyl (C=O) groups excluding carboxylic acids is 3. The Labute approximate surface area is 166 Å². The summed E-state index contributed by atoms with van der Waals surface area (Å²) in [5.74, 6) is -4.58. The molecule has 0 bridgehead atoms. The highest BCUT2D eigenvalue weighted by molar-refractivity contribution is 5.93. The number of amides is 3. The summed E-state index contributed by atoms with van der Waals surface area (Å²) in [5.41, 5.74) is 5.92. The molecule has 3 amide bonds. The second kappa shape index (κ2) is 12.1. The van der Waals surface area contributed by atoms with E-state index in [1.165, 1.54) is 0 Å². The Morgan fingerprint density at radius 2 is 1.55 bits per heavy atom. The zero-order chi connectivity index (χ0) is 21.8. The first kappa shape index (κ1) is 23.6. The zero-order valence-electron chi connectivity index (χ0n) is 15.6. The van der Waals surface area contributed by atoms with Crippen LogP contribution < -0.4 is 21.7 Å². The molecule has 2 unspecified atom stereocenters. The largest absolute Gasteiger partial charge is 0.481 e. The second-order valence-electron chi connectivity index (χ2n) is 6.12. The number of carboxylic acid groups (broad SMARTS) is 2. The summed E-state index contributed by atoms with van der Waals surface area (Å²) in [4.78, 5) is 58.0. The molecule has 2 atom stereocenters. The average molecular weight is 408 g/mol. The normalized spacial score (nSPS) is 12.3. The van der Waals surface area contributed by atoms with E-state index in [1.54, 1.807) is 30.3 Å². The van der Waals surface area contributed by atoms with Crippen molar-refractivity contribution >= 4 is 29.7 Å². The van der Waals surface area contributed by atoms with Gasteiger partial charge in [0.2, 0.25) is 17.7 Å². The molecule has 0 fully saturated rings. The van der Waals surface area contributed by atoms with Crippen LogP contribution in [0.25, 0.3) is 0 Å². The average Bonchev–Trinajstić information content (AvgIpc) is 2.68. The van der Waals surface area contributed by atoms with Crippen LogP contribution in [0, 0.1) is 0 Å². The number of benzene rings is 1. The summed E-state index contributed by atoms with van der Waals surface area (Å²) in [6, 6.07) is 6.34. The van der Waals surface area contributed by atoms with Gasteiger partial charge in [-0.2, -0.15) is 0 Å². The van der Waals surface area contributed by atoms with E-state index in [2.05, 4.69) is 16.0 Å². The lowest BCUT2D eigenvalue weighted by atomic mass is 10.0. The Kier molecular flexibility index (Phi) is 9.82. The first-order valence-electron chi connectivity index (χ1n) is 8.78. The van der Waals surface area contributed by atoms with Crippen molar-refractivity contribution in [2.24, 2.45) is 5.73 Å². The number of rotatable bonds is 12. The lowest BCUT2D eigenvalue weighted by Crippen LogP contribution is -2.55. The maximum atomic E-state index is 12.6. The van der Waals surface area contributed by atoms with Crippen LogP contribution in [0.5, 0.6) is 0 Å². The molecular weight excluding hydrogens is 384 g/mol. The quantitative estimate of drug-likeness (QED) is 0.234. The highest BCUT2D eigenvalue weighted by atomic mass is 16.4. The lowest BCUT2D eigenvalue weighted by Gasteiger charge is -2.23. The van der Waals surface area contributed by atoms with Crippen LogP contribution in [-0.2, 0) is 30.4 Å². The molecule has 11 nitrogen and oxygen atoms in total. The minimum Gasteiger partial charge on any atom is -0.481 e. The molecule has 1 aromatic rings. The van der Waals surface area contributed by atoms with Crippen molar-refractivity contribution in [1.82, 2.24) is 16.0 Å². The van der Waals surface area contributed by atoms with Gasteiger partial charge >= 0.3 is 11.9 Å². The Morgan fingerprint density at radius 1 is 0.897 bits per heavy atom. The van der Waals surface area contributed by atoms with Crippen molar-refractivity contribution in [3.63, 3.8) is 0 Å². The number of carboxylic acids is 2. The van der Waals surface area contributed by atoms with Crippen LogP contribution in [0.4, 0.5) is 0 Å². The molecular formula is C18H24N4O7. The minimum atomic E-state index is -1.25.